The number of piperidine rings is 1. The van der Waals surface area contributed by atoms with Crippen LogP contribution in [0.15, 0.2) is 71.7 Å². The Labute approximate surface area is 225 Å². The van der Waals surface area contributed by atoms with Gasteiger partial charge in [-0.05, 0) is 84.5 Å². The van der Waals surface area contributed by atoms with Crippen molar-refractivity contribution in [2.24, 2.45) is 13.0 Å². The van der Waals surface area contributed by atoms with Gasteiger partial charge in [-0.15, -0.1) is 0 Å². The molecule has 0 bridgehead atoms. The van der Waals surface area contributed by atoms with Gasteiger partial charge in [-0.2, -0.15) is 0 Å². The molecule has 1 amide bonds. The number of carbonyl (C=O) groups is 1. The van der Waals surface area contributed by atoms with Crippen LogP contribution in [0.5, 0.6) is 0 Å². The smallest absolute Gasteiger partial charge is 0.250 e. The Morgan fingerprint density at radius 1 is 1.03 bits per heavy atom. The molecule has 2 aliphatic rings. The normalized spacial score (nSPS) is 19.3. The first-order valence-electron chi connectivity index (χ1n) is 13.9. The SMILES string of the molecule is COCCCc1cc(CN(C(=O)C2CNCC[C@@H]2c2ccn(C)c(=O)c2)C2CC2)cc(-c2ccccc2)c1. The maximum absolute atomic E-state index is 14.2. The molecule has 1 aromatic heterocycles. The molecule has 2 fully saturated rings. The summed E-state index contributed by atoms with van der Waals surface area (Å²) in [6, 6.07) is 21.3. The lowest BCUT2D eigenvalue weighted by Crippen LogP contribution is -2.47. The van der Waals surface area contributed by atoms with Crippen molar-refractivity contribution in [3.63, 3.8) is 0 Å². The van der Waals surface area contributed by atoms with Gasteiger partial charge < -0.3 is 19.5 Å². The fourth-order valence-electron chi connectivity index (χ4n) is 5.71. The Bertz CT molecular complexity index is 1300. The molecule has 2 atom stereocenters. The van der Waals surface area contributed by atoms with Crippen molar-refractivity contribution in [1.82, 2.24) is 14.8 Å². The van der Waals surface area contributed by atoms with Crippen LogP contribution in [0.3, 0.4) is 0 Å². The molecule has 6 heteroatoms. The molecule has 0 radical (unpaired) electrons. The number of nitrogens with zero attached hydrogens (tertiary/aromatic N) is 2. The molecule has 1 N–H and O–H groups in total. The molecule has 1 aliphatic heterocycles. The summed E-state index contributed by atoms with van der Waals surface area (Å²) in [5.41, 5.74) is 5.79. The topological polar surface area (TPSA) is 63.6 Å². The van der Waals surface area contributed by atoms with Gasteiger partial charge in [-0.3, -0.25) is 9.59 Å². The van der Waals surface area contributed by atoms with Crippen LogP contribution in [-0.2, 0) is 29.5 Å². The van der Waals surface area contributed by atoms with Crippen molar-refractivity contribution in [1.29, 1.82) is 0 Å². The quantitative estimate of drug-likeness (QED) is 0.405. The molecular formula is C32H39N3O3. The molecule has 1 aliphatic carbocycles. The minimum Gasteiger partial charge on any atom is -0.385 e. The molecule has 2 aromatic carbocycles. The summed E-state index contributed by atoms with van der Waals surface area (Å²) in [6.45, 7) is 2.85. The van der Waals surface area contributed by atoms with Crippen molar-refractivity contribution < 1.29 is 9.53 Å². The van der Waals surface area contributed by atoms with E-state index in [1.165, 1.54) is 22.3 Å². The van der Waals surface area contributed by atoms with Crippen LogP contribution in [-0.4, -0.2) is 48.2 Å². The average molecular weight is 514 g/mol. The zero-order chi connectivity index (χ0) is 26.5. The van der Waals surface area contributed by atoms with Crippen LogP contribution in [0, 0.1) is 5.92 Å². The maximum Gasteiger partial charge on any atom is 0.250 e. The molecule has 2 heterocycles. The third-order valence-corrected chi connectivity index (χ3v) is 7.95. The van der Waals surface area contributed by atoms with Gasteiger partial charge in [0.1, 0.15) is 0 Å². The third-order valence-electron chi connectivity index (χ3n) is 7.95. The van der Waals surface area contributed by atoms with Gasteiger partial charge in [0.15, 0.2) is 0 Å². The second-order valence-electron chi connectivity index (χ2n) is 10.8. The zero-order valence-electron chi connectivity index (χ0n) is 22.6. The predicted octanol–water partition coefficient (Wildman–Crippen LogP) is 4.52. The van der Waals surface area contributed by atoms with Crippen LogP contribution in [0.4, 0.5) is 0 Å². The Kier molecular flexibility index (Phi) is 8.40. The summed E-state index contributed by atoms with van der Waals surface area (Å²) in [4.78, 5) is 28.6. The van der Waals surface area contributed by atoms with Crippen molar-refractivity contribution >= 4 is 5.91 Å². The second kappa shape index (κ2) is 12.1. The number of aryl methyl sites for hydroxylation is 2. The Balaban J connectivity index is 1.42. The second-order valence-corrected chi connectivity index (χ2v) is 10.8. The first-order chi connectivity index (χ1) is 18.5. The van der Waals surface area contributed by atoms with Gasteiger partial charge in [-0.1, -0.05) is 42.5 Å². The first kappa shape index (κ1) is 26.4. The highest BCUT2D eigenvalue weighted by molar-refractivity contribution is 5.81. The number of aromatic nitrogens is 1. The highest BCUT2D eigenvalue weighted by atomic mass is 16.5. The van der Waals surface area contributed by atoms with E-state index in [0.717, 1.165) is 50.8 Å². The van der Waals surface area contributed by atoms with Gasteiger partial charge in [0.25, 0.3) is 5.56 Å². The highest BCUT2D eigenvalue weighted by Gasteiger charge is 2.40. The minimum atomic E-state index is -0.171. The minimum absolute atomic E-state index is 0.0231. The Hall–Kier alpha value is -3.22. The van der Waals surface area contributed by atoms with Crippen LogP contribution < -0.4 is 10.9 Å². The number of rotatable bonds is 10. The number of ether oxygens (including phenoxy) is 1. The van der Waals surface area contributed by atoms with Crippen LogP contribution >= 0.6 is 0 Å². The monoisotopic (exact) mass is 513 g/mol. The van der Waals surface area contributed by atoms with E-state index in [4.69, 9.17) is 4.74 Å². The van der Waals surface area contributed by atoms with E-state index in [2.05, 4.69) is 52.7 Å². The third kappa shape index (κ3) is 6.25. The number of benzene rings is 2. The fraction of sp³-hybridized carbons (Fsp3) is 0.438. The lowest BCUT2D eigenvalue weighted by atomic mass is 9.80. The Morgan fingerprint density at radius 2 is 1.82 bits per heavy atom. The maximum atomic E-state index is 14.2. The molecule has 200 valence electrons. The molecule has 1 saturated heterocycles. The lowest BCUT2D eigenvalue weighted by molar-refractivity contribution is -0.138. The van der Waals surface area contributed by atoms with Crippen LogP contribution in [0.1, 0.15) is 48.3 Å². The summed E-state index contributed by atoms with van der Waals surface area (Å²) in [7, 11) is 3.50. The van der Waals surface area contributed by atoms with Gasteiger partial charge >= 0.3 is 0 Å². The largest absolute Gasteiger partial charge is 0.385 e. The van der Waals surface area contributed by atoms with Crippen molar-refractivity contribution in [3.05, 3.63) is 93.9 Å². The van der Waals surface area contributed by atoms with E-state index in [1.807, 2.05) is 18.3 Å². The van der Waals surface area contributed by atoms with Gasteiger partial charge in [0.2, 0.25) is 5.91 Å². The standard InChI is InChI=1S/C32H39N3O3/c1-34-15-13-26(20-31(34)36)29-12-14-33-21-30(29)32(37)35(28-10-11-28)22-24-17-23(7-6-16-38-2)18-27(19-24)25-8-4-3-5-9-25/h3-5,8-9,13,15,17-20,28-30,33H,6-7,10-12,14,16,21-22H2,1-2H3/t29-,30?/m1/s1. The predicted molar refractivity (Wildman–Crippen MR) is 151 cm³/mol. The van der Waals surface area contributed by atoms with Gasteiger partial charge in [0.05, 0.1) is 5.92 Å². The van der Waals surface area contributed by atoms with Crippen LogP contribution in [0.25, 0.3) is 11.1 Å². The first-order valence-corrected chi connectivity index (χ1v) is 13.9. The summed E-state index contributed by atoms with van der Waals surface area (Å²) in [5.74, 6) is 0.0884. The van der Waals surface area contributed by atoms with E-state index in [0.29, 0.717) is 19.1 Å². The van der Waals surface area contributed by atoms with Crippen molar-refractivity contribution in [3.8, 4) is 11.1 Å². The molecule has 1 saturated carbocycles. The number of methoxy groups -OCH3 is 1. The summed E-state index contributed by atoms with van der Waals surface area (Å²) in [5, 5.41) is 3.45. The molecule has 0 spiro atoms. The van der Waals surface area contributed by atoms with Gasteiger partial charge in [0, 0.05) is 52.2 Å². The van der Waals surface area contributed by atoms with Gasteiger partial charge in [-0.25, -0.2) is 0 Å². The Morgan fingerprint density at radius 3 is 2.55 bits per heavy atom. The molecule has 1 unspecified atom stereocenters. The molecule has 38 heavy (non-hydrogen) atoms. The number of hydrogen-bond donors (Lipinski definition) is 1. The summed E-state index contributed by atoms with van der Waals surface area (Å²) >= 11 is 0. The molecule has 5 rings (SSSR count). The van der Waals surface area contributed by atoms with Crippen molar-refractivity contribution in [2.75, 3.05) is 26.8 Å². The number of pyridine rings is 1. The van der Waals surface area contributed by atoms with E-state index in [9.17, 15) is 9.59 Å². The zero-order valence-corrected chi connectivity index (χ0v) is 22.6. The molecule has 6 nitrogen and oxygen atoms in total. The van der Waals surface area contributed by atoms with E-state index in [1.54, 1.807) is 24.8 Å². The summed E-state index contributed by atoms with van der Waals surface area (Å²) < 4.78 is 6.88. The van der Waals surface area contributed by atoms with E-state index < -0.39 is 0 Å². The van der Waals surface area contributed by atoms with E-state index >= 15 is 0 Å². The molecule has 3 aromatic rings. The average Bonchev–Trinajstić information content (AvgIpc) is 3.79. The number of carbonyl (C=O) groups excluding carboxylic acids is 1. The number of hydrogen-bond acceptors (Lipinski definition) is 4. The summed E-state index contributed by atoms with van der Waals surface area (Å²) in [6.07, 6.45) is 6.69. The fourth-order valence-corrected chi connectivity index (χ4v) is 5.71. The molecular weight excluding hydrogens is 474 g/mol. The van der Waals surface area contributed by atoms with Crippen molar-refractivity contribution in [2.45, 2.75) is 50.6 Å². The lowest BCUT2D eigenvalue weighted by Gasteiger charge is -2.36. The number of nitrogens with one attached hydrogen (secondary N) is 1. The number of amides is 1. The highest BCUT2D eigenvalue weighted by Crippen LogP contribution is 2.36. The van der Waals surface area contributed by atoms with E-state index in [-0.39, 0.29) is 23.3 Å². The van der Waals surface area contributed by atoms with Crippen LogP contribution in [0.2, 0.25) is 0 Å².